The maximum Gasteiger partial charge on any atom is 0.308 e. The maximum atomic E-state index is 11.5. The molecule has 0 bridgehead atoms. The lowest BCUT2D eigenvalue weighted by atomic mass is 9.98. The van der Waals surface area contributed by atoms with Crippen molar-refractivity contribution < 1.29 is 9.53 Å². The van der Waals surface area contributed by atoms with Crippen LogP contribution in [-0.2, 0) is 22.5 Å². The van der Waals surface area contributed by atoms with Crippen LogP contribution < -0.4 is 0 Å². The molecule has 2 rings (SSSR count). The lowest BCUT2D eigenvalue weighted by Gasteiger charge is -2.10. The molecule has 5 heteroatoms. The van der Waals surface area contributed by atoms with Gasteiger partial charge in [0.1, 0.15) is 0 Å². The molecule has 0 N–H and O–H groups in total. The molecular formula is C12H19N3O2. The van der Waals surface area contributed by atoms with Crippen LogP contribution in [0.2, 0.25) is 0 Å². The van der Waals surface area contributed by atoms with Gasteiger partial charge >= 0.3 is 5.97 Å². The molecule has 1 unspecified atom stereocenters. The van der Waals surface area contributed by atoms with Gasteiger partial charge in [-0.15, -0.1) is 5.10 Å². The highest BCUT2D eigenvalue weighted by Crippen LogP contribution is 2.25. The normalized spacial score (nSPS) is 19.9. The SMILES string of the molecule is COC(=O)C1CCc2c(C(C)C)nnn2CC1. The van der Waals surface area contributed by atoms with Crippen LogP contribution in [0.15, 0.2) is 0 Å². The zero-order valence-corrected chi connectivity index (χ0v) is 10.6. The second kappa shape index (κ2) is 4.85. The maximum absolute atomic E-state index is 11.5. The van der Waals surface area contributed by atoms with E-state index in [-0.39, 0.29) is 11.9 Å². The van der Waals surface area contributed by atoms with E-state index in [1.54, 1.807) is 0 Å². The molecular weight excluding hydrogens is 218 g/mol. The summed E-state index contributed by atoms with van der Waals surface area (Å²) in [6.45, 7) is 5.00. The molecule has 94 valence electrons. The van der Waals surface area contributed by atoms with Crippen molar-refractivity contribution in [2.75, 3.05) is 7.11 Å². The van der Waals surface area contributed by atoms with Crippen molar-refractivity contribution >= 4 is 5.97 Å². The number of fused-ring (bicyclic) bond motifs is 1. The first-order valence-electron chi connectivity index (χ1n) is 6.13. The average Bonchev–Trinajstić information content (AvgIpc) is 2.61. The molecule has 0 amide bonds. The lowest BCUT2D eigenvalue weighted by Crippen LogP contribution is -2.17. The molecule has 1 aromatic rings. The number of hydrogen-bond acceptors (Lipinski definition) is 4. The van der Waals surface area contributed by atoms with Gasteiger partial charge in [-0.3, -0.25) is 4.79 Å². The molecule has 17 heavy (non-hydrogen) atoms. The minimum absolute atomic E-state index is 0.00159. The zero-order chi connectivity index (χ0) is 12.4. The monoisotopic (exact) mass is 237 g/mol. The predicted octanol–water partition coefficient (Wildman–Crippen LogP) is 1.53. The number of carbonyl (C=O) groups excluding carboxylic acids is 1. The average molecular weight is 237 g/mol. The second-order valence-corrected chi connectivity index (χ2v) is 4.85. The van der Waals surface area contributed by atoms with Crippen molar-refractivity contribution in [2.24, 2.45) is 5.92 Å². The van der Waals surface area contributed by atoms with Gasteiger partial charge in [-0.1, -0.05) is 19.1 Å². The van der Waals surface area contributed by atoms with E-state index in [0.29, 0.717) is 5.92 Å². The minimum Gasteiger partial charge on any atom is -0.469 e. The van der Waals surface area contributed by atoms with Crippen LogP contribution in [0.5, 0.6) is 0 Å². The first-order chi connectivity index (χ1) is 8.13. The Balaban J connectivity index is 2.16. The van der Waals surface area contributed by atoms with E-state index >= 15 is 0 Å². The molecule has 0 fully saturated rings. The summed E-state index contributed by atoms with van der Waals surface area (Å²) in [6.07, 6.45) is 2.49. The Morgan fingerprint density at radius 1 is 1.47 bits per heavy atom. The summed E-state index contributed by atoms with van der Waals surface area (Å²) in [7, 11) is 1.45. The van der Waals surface area contributed by atoms with E-state index in [0.717, 1.165) is 31.5 Å². The molecule has 1 aromatic heterocycles. The Morgan fingerprint density at radius 3 is 2.88 bits per heavy atom. The number of aryl methyl sites for hydroxylation is 1. The van der Waals surface area contributed by atoms with Gasteiger partial charge in [0, 0.05) is 6.54 Å². The van der Waals surface area contributed by atoms with Crippen LogP contribution in [0.3, 0.4) is 0 Å². The van der Waals surface area contributed by atoms with E-state index in [2.05, 4.69) is 24.2 Å². The number of carbonyl (C=O) groups is 1. The minimum atomic E-state index is -0.102. The molecule has 1 aliphatic rings. The van der Waals surface area contributed by atoms with Gasteiger partial charge < -0.3 is 4.74 Å². The molecule has 1 aliphatic heterocycles. The third kappa shape index (κ3) is 2.33. The van der Waals surface area contributed by atoms with Crippen LogP contribution in [0.1, 0.15) is 44.0 Å². The van der Waals surface area contributed by atoms with Gasteiger partial charge in [-0.25, -0.2) is 4.68 Å². The van der Waals surface area contributed by atoms with E-state index in [1.165, 1.54) is 12.8 Å². The molecule has 1 atom stereocenters. The summed E-state index contributed by atoms with van der Waals surface area (Å²) in [5.41, 5.74) is 2.25. The highest BCUT2D eigenvalue weighted by Gasteiger charge is 2.26. The third-order valence-electron chi connectivity index (χ3n) is 3.37. The molecule has 0 saturated heterocycles. The van der Waals surface area contributed by atoms with E-state index in [9.17, 15) is 4.79 Å². The van der Waals surface area contributed by atoms with Gasteiger partial charge in [0.25, 0.3) is 0 Å². The van der Waals surface area contributed by atoms with Crippen LogP contribution in [0.25, 0.3) is 0 Å². The Kier molecular flexibility index (Phi) is 3.45. The quantitative estimate of drug-likeness (QED) is 0.732. The van der Waals surface area contributed by atoms with Crippen molar-refractivity contribution in [1.82, 2.24) is 15.0 Å². The number of esters is 1. The Hall–Kier alpha value is -1.39. The summed E-state index contributed by atoms with van der Waals surface area (Å²) in [5.74, 6) is 0.282. The van der Waals surface area contributed by atoms with Crippen LogP contribution in [-0.4, -0.2) is 28.1 Å². The third-order valence-corrected chi connectivity index (χ3v) is 3.37. The Bertz CT molecular complexity index is 412. The number of aromatic nitrogens is 3. The molecule has 0 radical (unpaired) electrons. The lowest BCUT2D eigenvalue weighted by molar-refractivity contribution is -0.145. The summed E-state index contributed by atoms with van der Waals surface area (Å²) in [6, 6.07) is 0. The number of ether oxygens (including phenoxy) is 1. The predicted molar refractivity (Wildman–Crippen MR) is 62.6 cm³/mol. The molecule has 2 heterocycles. The van der Waals surface area contributed by atoms with E-state index in [1.807, 2.05) is 4.68 Å². The van der Waals surface area contributed by atoms with Crippen molar-refractivity contribution in [1.29, 1.82) is 0 Å². The van der Waals surface area contributed by atoms with E-state index < -0.39 is 0 Å². The van der Waals surface area contributed by atoms with E-state index in [4.69, 9.17) is 4.74 Å². The van der Waals surface area contributed by atoms with Crippen molar-refractivity contribution in [3.8, 4) is 0 Å². The topological polar surface area (TPSA) is 57.0 Å². The smallest absolute Gasteiger partial charge is 0.308 e. The van der Waals surface area contributed by atoms with Gasteiger partial charge in [-0.05, 0) is 25.2 Å². The number of nitrogens with zero attached hydrogens (tertiary/aromatic N) is 3. The molecule has 0 aliphatic carbocycles. The van der Waals surface area contributed by atoms with Gasteiger partial charge in [0.05, 0.1) is 24.4 Å². The number of hydrogen-bond donors (Lipinski definition) is 0. The summed E-state index contributed by atoms with van der Waals surface area (Å²) in [4.78, 5) is 11.5. The number of rotatable bonds is 2. The molecule has 0 saturated carbocycles. The largest absolute Gasteiger partial charge is 0.469 e. The van der Waals surface area contributed by atoms with Crippen molar-refractivity contribution in [3.05, 3.63) is 11.4 Å². The first-order valence-corrected chi connectivity index (χ1v) is 6.13. The fourth-order valence-electron chi connectivity index (χ4n) is 2.37. The molecule has 0 aromatic carbocycles. The molecule has 0 spiro atoms. The second-order valence-electron chi connectivity index (χ2n) is 4.85. The standard InChI is InChI=1S/C12H19N3O2/c1-8(2)11-10-5-4-9(12(16)17-3)6-7-15(10)14-13-11/h8-9H,4-7H2,1-3H3. The van der Waals surface area contributed by atoms with Crippen molar-refractivity contribution in [2.45, 2.75) is 45.6 Å². The highest BCUT2D eigenvalue weighted by molar-refractivity contribution is 5.72. The number of methoxy groups -OCH3 is 1. The first kappa shape index (κ1) is 12.1. The van der Waals surface area contributed by atoms with Gasteiger partial charge in [0.2, 0.25) is 0 Å². The zero-order valence-electron chi connectivity index (χ0n) is 10.6. The van der Waals surface area contributed by atoms with Crippen LogP contribution >= 0.6 is 0 Å². The van der Waals surface area contributed by atoms with Crippen LogP contribution in [0.4, 0.5) is 0 Å². The fraction of sp³-hybridized carbons (Fsp3) is 0.750. The highest BCUT2D eigenvalue weighted by atomic mass is 16.5. The van der Waals surface area contributed by atoms with Crippen LogP contribution in [0, 0.1) is 5.92 Å². The van der Waals surface area contributed by atoms with Gasteiger partial charge in [0.15, 0.2) is 0 Å². The summed E-state index contributed by atoms with van der Waals surface area (Å²) < 4.78 is 6.76. The summed E-state index contributed by atoms with van der Waals surface area (Å²) in [5, 5.41) is 8.40. The Labute approximate surface area is 101 Å². The summed E-state index contributed by atoms with van der Waals surface area (Å²) >= 11 is 0. The van der Waals surface area contributed by atoms with Crippen molar-refractivity contribution in [3.63, 3.8) is 0 Å². The molecule has 5 nitrogen and oxygen atoms in total. The Morgan fingerprint density at radius 2 is 2.24 bits per heavy atom. The van der Waals surface area contributed by atoms with Gasteiger partial charge in [-0.2, -0.15) is 0 Å². The fourth-order valence-corrected chi connectivity index (χ4v) is 2.37.